The average Bonchev–Trinajstić information content (AvgIpc) is 2.78. The molecule has 6 nitrogen and oxygen atoms in total. The highest BCUT2D eigenvalue weighted by atomic mass is 35.5. The van der Waals surface area contributed by atoms with Gasteiger partial charge in [0.05, 0.1) is 25.6 Å². The number of hydrogen-bond acceptors (Lipinski definition) is 4. The van der Waals surface area contributed by atoms with Crippen LogP contribution in [-0.4, -0.2) is 34.2 Å². The van der Waals surface area contributed by atoms with Crippen molar-refractivity contribution in [1.29, 1.82) is 0 Å². The molecular formula is C24H25ClN2O4S. The van der Waals surface area contributed by atoms with Gasteiger partial charge in [0.1, 0.15) is 5.75 Å². The molecular weight excluding hydrogens is 448 g/mol. The molecule has 0 fully saturated rings. The third-order valence-corrected chi connectivity index (χ3v) is 6.46. The molecule has 0 aliphatic carbocycles. The van der Waals surface area contributed by atoms with Gasteiger partial charge in [-0.3, -0.25) is 9.10 Å². The topological polar surface area (TPSA) is 75.7 Å². The van der Waals surface area contributed by atoms with E-state index in [-0.39, 0.29) is 12.5 Å². The van der Waals surface area contributed by atoms with Crippen molar-refractivity contribution < 1.29 is 17.9 Å². The lowest BCUT2D eigenvalue weighted by atomic mass is 10.1. The number of anilines is 1. The lowest BCUT2D eigenvalue weighted by Gasteiger charge is -2.23. The monoisotopic (exact) mass is 472 g/mol. The first kappa shape index (κ1) is 23.6. The van der Waals surface area contributed by atoms with Gasteiger partial charge >= 0.3 is 0 Å². The summed E-state index contributed by atoms with van der Waals surface area (Å²) in [4.78, 5) is 12.5. The molecule has 3 aromatic carbocycles. The maximum atomic E-state index is 12.5. The van der Waals surface area contributed by atoms with Gasteiger partial charge in [0.25, 0.3) is 5.91 Å². The third-order valence-electron chi connectivity index (χ3n) is 4.95. The second kappa shape index (κ2) is 10.5. The Hall–Kier alpha value is -3.03. The minimum Gasteiger partial charge on any atom is -0.497 e. The molecule has 0 heterocycles. The van der Waals surface area contributed by atoms with Crippen molar-refractivity contribution >= 4 is 33.2 Å². The van der Waals surface area contributed by atoms with Crippen LogP contribution in [0, 0.1) is 0 Å². The van der Waals surface area contributed by atoms with E-state index in [1.54, 1.807) is 55.6 Å². The van der Waals surface area contributed by atoms with Crippen molar-refractivity contribution in [3.05, 3.63) is 94.5 Å². The molecule has 1 amide bonds. The summed E-state index contributed by atoms with van der Waals surface area (Å²) in [6.45, 7) is 0.584. The van der Waals surface area contributed by atoms with Crippen LogP contribution in [0.3, 0.4) is 0 Å². The molecule has 8 heteroatoms. The first-order valence-corrected chi connectivity index (χ1v) is 12.2. The van der Waals surface area contributed by atoms with Crippen LogP contribution < -0.4 is 14.4 Å². The van der Waals surface area contributed by atoms with Crippen LogP contribution in [0.2, 0.25) is 5.02 Å². The molecule has 3 rings (SSSR count). The second-order valence-corrected chi connectivity index (χ2v) is 9.58. The number of nitrogens with zero attached hydrogens (tertiary/aromatic N) is 1. The average molecular weight is 473 g/mol. The molecule has 0 bridgehead atoms. The van der Waals surface area contributed by atoms with E-state index in [4.69, 9.17) is 16.3 Å². The fraction of sp³-hybridized carbons (Fsp3) is 0.208. The van der Waals surface area contributed by atoms with E-state index in [0.717, 1.165) is 17.6 Å². The number of nitrogens with one attached hydrogen (secondary N) is 1. The molecule has 0 aliphatic heterocycles. The van der Waals surface area contributed by atoms with Crippen molar-refractivity contribution in [3.63, 3.8) is 0 Å². The summed E-state index contributed by atoms with van der Waals surface area (Å²) in [7, 11) is -1.93. The van der Waals surface area contributed by atoms with Crippen molar-refractivity contribution in [2.75, 3.05) is 24.2 Å². The van der Waals surface area contributed by atoms with Gasteiger partial charge < -0.3 is 10.1 Å². The lowest BCUT2D eigenvalue weighted by molar-refractivity contribution is 0.0954. The van der Waals surface area contributed by atoms with E-state index < -0.39 is 10.0 Å². The summed E-state index contributed by atoms with van der Waals surface area (Å²) < 4.78 is 31.2. The number of benzene rings is 3. The number of ether oxygens (including phenoxy) is 1. The maximum Gasteiger partial charge on any atom is 0.251 e. The first-order valence-electron chi connectivity index (χ1n) is 10.0. The number of carbonyl (C=O) groups is 1. The van der Waals surface area contributed by atoms with Crippen molar-refractivity contribution in [3.8, 4) is 5.75 Å². The summed E-state index contributed by atoms with van der Waals surface area (Å²) in [5.41, 5.74) is 2.70. The molecule has 0 aromatic heterocycles. The molecule has 32 heavy (non-hydrogen) atoms. The molecule has 168 valence electrons. The quantitative estimate of drug-likeness (QED) is 0.504. The van der Waals surface area contributed by atoms with Gasteiger partial charge in [-0.1, -0.05) is 41.9 Å². The number of methoxy groups -OCH3 is 1. The van der Waals surface area contributed by atoms with Gasteiger partial charge in [-0.2, -0.15) is 0 Å². The number of carbonyl (C=O) groups excluding carboxylic acids is 1. The molecule has 0 aliphatic rings. The SMILES string of the molecule is COc1ccc(CCNC(=O)c2ccc(N(Cc3ccccc3Cl)S(C)(=O)=O)cc2)cc1. The predicted molar refractivity (Wildman–Crippen MR) is 128 cm³/mol. The smallest absolute Gasteiger partial charge is 0.251 e. The highest BCUT2D eigenvalue weighted by Crippen LogP contribution is 2.24. The van der Waals surface area contributed by atoms with Crippen LogP contribution in [0.25, 0.3) is 0 Å². The Morgan fingerprint density at radius 2 is 1.66 bits per heavy atom. The number of rotatable bonds is 9. The number of halogens is 1. The zero-order valence-electron chi connectivity index (χ0n) is 17.9. The van der Waals surface area contributed by atoms with E-state index in [0.29, 0.717) is 34.8 Å². The Balaban J connectivity index is 1.65. The highest BCUT2D eigenvalue weighted by Gasteiger charge is 2.19. The summed E-state index contributed by atoms with van der Waals surface area (Å²) in [6.07, 6.45) is 1.83. The predicted octanol–water partition coefficient (Wildman–Crippen LogP) is 4.29. The number of sulfonamides is 1. The summed E-state index contributed by atoms with van der Waals surface area (Å²) in [5, 5.41) is 3.38. The van der Waals surface area contributed by atoms with Crippen LogP contribution in [0.15, 0.2) is 72.8 Å². The number of amides is 1. The zero-order valence-corrected chi connectivity index (χ0v) is 19.5. The van der Waals surface area contributed by atoms with Crippen molar-refractivity contribution in [2.45, 2.75) is 13.0 Å². The highest BCUT2D eigenvalue weighted by molar-refractivity contribution is 7.92. The minimum atomic E-state index is -3.55. The summed E-state index contributed by atoms with van der Waals surface area (Å²) in [5.74, 6) is 0.567. The van der Waals surface area contributed by atoms with E-state index >= 15 is 0 Å². The van der Waals surface area contributed by atoms with Gasteiger partial charge in [-0.15, -0.1) is 0 Å². The molecule has 0 saturated carbocycles. The Morgan fingerprint density at radius 3 is 2.25 bits per heavy atom. The summed E-state index contributed by atoms with van der Waals surface area (Å²) in [6, 6.07) is 21.2. The Morgan fingerprint density at radius 1 is 1.00 bits per heavy atom. The van der Waals surface area contributed by atoms with Crippen LogP contribution in [0.5, 0.6) is 5.75 Å². The molecule has 0 unspecified atom stereocenters. The Bertz CT molecular complexity index is 1160. The van der Waals surface area contributed by atoms with E-state index in [2.05, 4.69) is 5.32 Å². The van der Waals surface area contributed by atoms with Crippen LogP contribution >= 0.6 is 11.6 Å². The van der Waals surface area contributed by atoms with E-state index in [1.807, 2.05) is 24.3 Å². The van der Waals surface area contributed by atoms with Gasteiger partial charge in [-0.25, -0.2) is 8.42 Å². The molecule has 1 N–H and O–H groups in total. The molecule has 0 saturated heterocycles. The third kappa shape index (κ3) is 6.24. The van der Waals surface area contributed by atoms with Gasteiger partial charge in [-0.05, 0) is 60.0 Å². The maximum absolute atomic E-state index is 12.5. The largest absolute Gasteiger partial charge is 0.497 e. The zero-order chi connectivity index (χ0) is 23.1. The van der Waals surface area contributed by atoms with E-state index in [1.165, 1.54) is 4.31 Å². The summed E-state index contributed by atoms with van der Waals surface area (Å²) >= 11 is 6.20. The van der Waals surface area contributed by atoms with Gasteiger partial charge in [0.2, 0.25) is 10.0 Å². The Kier molecular flexibility index (Phi) is 7.77. The van der Waals surface area contributed by atoms with Crippen LogP contribution in [0.1, 0.15) is 21.5 Å². The van der Waals surface area contributed by atoms with Crippen molar-refractivity contribution in [1.82, 2.24) is 5.32 Å². The molecule has 0 spiro atoms. The molecule has 0 atom stereocenters. The Labute approximate surface area is 193 Å². The standard InChI is InChI=1S/C24H25ClN2O4S/c1-31-22-13-7-18(8-14-22)15-16-26-24(28)19-9-11-21(12-10-19)27(32(2,29)30)17-20-5-3-4-6-23(20)25/h3-14H,15-17H2,1-2H3,(H,26,28). The number of hydrogen-bond donors (Lipinski definition) is 1. The molecule has 0 radical (unpaired) electrons. The minimum absolute atomic E-state index is 0.103. The normalized spacial score (nSPS) is 11.1. The second-order valence-electron chi connectivity index (χ2n) is 7.26. The molecule has 3 aromatic rings. The van der Waals surface area contributed by atoms with E-state index in [9.17, 15) is 13.2 Å². The first-order chi connectivity index (χ1) is 15.3. The van der Waals surface area contributed by atoms with Crippen molar-refractivity contribution in [2.24, 2.45) is 0 Å². The van der Waals surface area contributed by atoms with Crippen LogP contribution in [-0.2, 0) is 23.0 Å². The fourth-order valence-electron chi connectivity index (χ4n) is 3.18. The lowest BCUT2D eigenvalue weighted by Crippen LogP contribution is -2.29. The van der Waals surface area contributed by atoms with Crippen LogP contribution in [0.4, 0.5) is 5.69 Å². The fourth-order valence-corrected chi connectivity index (χ4v) is 4.25. The van der Waals surface area contributed by atoms with Gasteiger partial charge in [0, 0.05) is 17.1 Å². The van der Waals surface area contributed by atoms with Gasteiger partial charge in [0.15, 0.2) is 0 Å².